The topological polar surface area (TPSA) is 29.5 Å². The molecule has 7 heteroatoms. The van der Waals surface area contributed by atoms with E-state index in [1.165, 1.54) is 30.3 Å². The standard InChI is InChI=1S/C32H33F5O2/c1-3-5-27(38)25-15-14-23(29(34)31(25)36)20-9-6-19(7-10-20)8-11-21-12-13-22(18-26(21)33)24-16-17-28(39-4-2)32(37)30(24)35/h9,12-19,27,38H,3-8,10-11H2,1-2H3. The van der Waals surface area contributed by atoms with Crippen molar-refractivity contribution < 1.29 is 31.8 Å². The fourth-order valence-corrected chi connectivity index (χ4v) is 5.19. The molecule has 3 aromatic rings. The highest BCUT2D eigenvalue weighted by molar-refractivity contribution is 5.67. The van der Waals surface area contributed by atoms with E-state index in [9.17, 15) is 27.1 Å². The van der Waals surface area contributed by atoms with Crippen LogP contribution in [-0.4, -0.2) is 11.7 Å². The first-order valence-electron chi connectivity index (χ1n) is 13.5. The average Bonchev–Trinajstić information content (AvgIpc) is 2.93. The lowest BCUT2D eigenvalue weighted by molar-refractivity contribution is 0.160. The molecule has 3 aromatic carbocycles. The van der Waals surface area contributed by atoms with E-state index in [4.69, 9.17) is 4.74 Å². The normalized spacial score (nSPS) is 16.2. The molecule has 0 amide bonds. The van der Waals surface area contributed by atoms with Gasteiger partial charge in [0.2, 0.25) is 5.82 Å². The Labute approximate surface area is 226 Å². The molecule has 0 spiro atoms. The van der Waals surface area contributed by atoms with Crippen molar-refractivity contribution in [3.63, 3.8) is 0 Å². The van der Waals surface area contributed by atoms with Gasteiger partial charge in [-0.05, 0) is 86.3 Å². The van der Waals surface area contributed by atoms with Gasteiger partial charge in [0.1, 0.15) is 5.82 Å². The van der Waals surface area contributed by atoms with E-state index in [1.54, 1.807) is 19.1 Å². The van der Waals surface area contributed by atoms with Gasteiger partial charge in [0, 0.05) is 16.7 Å². The molecule has 1 aliphatic carbocycles. The van der Waals surface area contributed by atoms with Gasteiger partial charge in [-0.3, -0.25) is 0 Å². The van der Waals surface area contributed by atoms with Gasteiger partial charge >= 0.3 is 0 Å². The van der Waals surface area contributed by atoms with Crippen molar-refractivity contribution in [2.24, 2.45) is 5.92 Å². The summed E-state index contributed by atoms with van der Waals surface area (Å²) in [7, 11) is 0. The molecule has 0 saturated carbocycles. The zero-order valence-electron chi connectivity index (χ0n) is 22.2. The molecule has 39 heavy (non-hydrogen) atoms. The van der Waals surface area contributed by atoms with E-state index in [0.717, 1.165) is 12.0 Å². The van der Waals surface area contributed by atoms with Crippen LogP contribution in [0.1, 0.15) is 75.2 Å². The largest absolute Gasteiger partial charge is 0.491 e. The maximum absolute atomic E-state index is 14.9. The second-order valence-electron chi connectivity index (χ2n) is 10.0. The molecule has 0 radical (unpaired) electrons. The summed E-state index contributed by atoms with van der Waals surface area (Å²) in [4.78, 5) is 0. The number of rotatable bonds is 10. The molecular weight excluding hydrogens is 511 g/mol. The van der Waals surface area contributed by atoms with Gasteiger partial charge in [0.05, 0.1) is 12.7 Å². The van der Waals surface area contributed by atoms with Crippen LogP contribution < -0.4 is 4.74 Å². The Kier molecular flexibility index (Phi) is 9.44. The molecule has 2 nitrogen and oxygen atoms in total. The highest BCUT2D eigenvalue weighted by Gasteiger charge is 2.23. The molecule has 0 bridgehead atoms. The summed E-state index contributed by atoms with van der Waals surface area (Å²) in [5, 5.41) is 10.1. The predicted octanol–water partition coefficient (Wildman–Crippen LogP) is 9.10. The summed E-state index contributed by atoms with van der Waals surface area (Å²) in [6, 6.07) is 10.1. The SMILES string of the molecule is CCCC(O)c1ccc(C2=CCC(CCc3ccc(-c4ccc(OCC)c(F)c4F)cc3F)CC2)c(F)c1F. The maximum atomic E-state index is 14.9. The van der Waals surface area contributed by atoms with E-state index in [2.05, 4.69) is 0 Å². The van der Waals surface area contributed by atoms with Crippen LogP contribution in [0.5, 0.6) is 5.75 Å². The van der Waals surface area contributed by atoms with Gasteiger partial charge in [-0.25, -0.2) is 17.6 Å². The number of aliphatic hydroxyl groups excluding tert-OH is 1. The van der Waals surface area contributed by atoms with Crippen molar-refractivity contribution in [3.8, 4) is 16.9 Å². The zero-order valence-corrected chi connectivity index (χ0v) is 22.2. The molecule has 2 unspecified atom stereocenters. The Morgan fingerprint density at radius 1 is 0.897 bits per heavy atom. The van der Waals surface area contributed by atoms with Crippen LogP contribution in [0.4, 0.5) is 22.0 Å². The molecule has 208 valence electrons. The Morgan fingerprint density at radius 3 is 2.31 bits per heavy atom. The Bertz CT molecular complexity index is 1350. The van der Waals surface area contributed by atoms with Gasteiger partial charge in [0.15, 0.2) is 23.2 Å². The van der Waals surface area contributed by atoms with Crippen LogP contribution in [0.15, 0.2) is 48.5 Å². The summed E-state index contributed by atoms with van der Waals surface area (Å²) < 4.78 is 78.1. The van der Waals surface area contributed by atoms with E-state index in [1.807, 2.05) is 13.0 Å². The summed E-state index contributed by atoms with van der Waals surface area (Å²) >= 11 is 0. The minimum atomic E-state index is -1.10. The number of hydrogen-bond donors (Lipinski definition) is 1. The van der Waals surface area contributed by atoms with Crippen LogP contribution >= 0.6 is 0 Å². The lowest BCUT2D eigenvalue weighted by atomic mass is 9.83. The number of halogens is 5. The average molecular weight is 545 g/mol. The Hall–Kier alpha value is -3.19. The van der Waals surface area contributed by atoms with Crippen LogP contribution in [0, 0.1) is 35.0 Å². The fourth-order valence-electron chi connectivity index (χ4n) is 5.19. The number of aryl methyl sites for hydroxylation is 1. The highest BCUT2D eigenvalue weighted by Crippen LogP contribution is 2.36. The molecule has 0 aromatic heterocycles. The molecule has 4 rings (SSSR count). The molecule has 2 atom stereocenters. The number of allylic oxidation sites excluding steroid dienone is 2. The van der Waals surface area contributed by atoms with Gasteiger partial charge in [-0.2, -0.15) is 4.39 Å². The van der Waals surface area contributed by atoms with Crippen LogP contribution in [0.25, 0.3) is 16.7 Å². The first-order valence-corrected chi connectivity index (χ1v) is 13.5. The van der Waals surface area contributed by atoms with Crippen molar-refractivity contribution in [1.29, 1.82) is 0 Å². The Morgan fingerprint density at radius 2 is 1.64 bits per heavy atom. The van der Waals surface area contributed by atoms with Crippen LogP contribution in [0.2, 0.25) is 0 Å². The van der Waals surface area contributed by atoms with E-state index in [-0.39, 0.29) is 40.5 Å². The lowest BCUT2D eigenvalue weighted by Crippen LogP contribution is -2.10. The quantitative estimate of drug-likeness (QED) is 0.258. The van der Waals surface area contributed by atoms with Crippen molar-refractivity contribution in [2.45, 2.75) is 64.9 Å². The van der Waals surface area contributed by atoms with Gasteiger partial charge in [-0.1, -0.05) is 43.7 Å². The van der Waals surface area contributed by atoms with Crippen molar-refractivity contribution in [3.05, 3.63) is 94.3 Å². The number of aliphatic hydroxyl groups is 1. The molecule has 0 aliphatic heterocycles. The third-order valence-corrected chi connectivity index (χ3v) is 7.43. The predicted molar refractivity (Wildman–Crippen MR) is 143 cm³/mol. The summed E-state index contributed by atoms with van der Waals surface area (Å²) in [5.74, 6) is -4.53. The van der Waals surface area contributed by atoms with Gasteiger partial charge in [0.25, 0.3) is 0 Å². The minimum absolute atomic E-state index is 0.0178. The summed E-state index contributed by atoms with van der Waals surface area (Å²) in [6.07, 6.45) is 5.05. The first kappa shape index (κ1) is 28.8. The van der Waals surface area contributed by atoms with Gasteiger partial charge < -0.3 is 9.84 Å². The molecule has 0 fully saturated rings. The molecule has 0 saturated heterocycles. The third-order valence-electron chi connectivity index (χ3n) is 7.43. The minimum Gasteiger partial charge on any atom is -0.491 e. The maximum Gasteiger partial charge on any atom is 0.201 e. The highest BCUT2D eigenvalue weighted by atomic mass is 19.2. The first-order chi connectivity index (χ1) is 18.7. The van der Waals surface area contributed by atoms with E-state index < -0.39 is 35.2 Å². The summed E-state index contributed by atoms with van der Waals surface area (Å²) in [6.45, 7) is 3.73. The van der Waals surface area contributed by atoms with E-state index >= 15 is 0 Å². The van der Waals surface area contributed by atoms with Crippen molar-refractivity contribution in [2.75, 3.05) is 6.61 Å². The summed E-state index contributed by atoms with van der Waals surface area (Å²) in [5.41, 5.74) is 1.62. The third kappa shape index (κ3) is 6.35. The zero-order chi connectivity index (χ0) is 28.1. The fraction of sp³-hybridized carbons (Fsp3) is 0.375. The Balaban J connectivity index is 1.40. The monoisotopic (exact) mass is 544 g/mol. The van der Waals surface area contributed by atoms with Crippen LogP contribution in [0.3, 0.4) is 0 Å². The second-order valence-corrected chi connectivity index (χ2v) is 10.0. The molecule has 1 aliphatic rings. The number of ether oxygens (including phenoxy) is 1. The molecule has 0 heterocycles. The van der Waals surface area contributed by atoms with E-state index in [0.29, 0.717) is 44.1 Å². The van der Waals surface area contributed by atoms with Gasteiger partial charge in [-0.15, -0.1) is 0 Å². The van der Waals surface area contributed by atoms with Crippen molar-refractivity contribution in [1.82, 2.24) is 0 Å². The lowest BCUT2D eigenvalue weighted by Gasteiger charge is -2.23. The number of benzene rings is 3. The van der Waals surface area contributed by atoms with Crippen LogP contribution in [-0.2, 0) is 6.42 Å². The number of hydrogen-bond acceptors (Lipinski definition) is 2. The van der Waals surface area contributed by atoms with Crippen molar-refractivity contribution >= 4 is 5.57 Å². The smallest absolute Gasteiger partial charge is 0.201 e. The molecular formula is C32H33F5O2. The molecule has 1 N–H and O–H groups in total. The second kappa shape index (κ2) is 12.8.